The van der Waals surface area contributed by atoms with E-state index >= 15 is 0 Å². The molecule has 1 atom stereocenters. The summed E-state index contributed by atoms with van der Waals surface area (Å²) in [6, 6.07) is 18.0. The first-order valence-corrected chi connectivity index (χ1v) is 6.82. The van der Waals surface area contributed by atoms with Crippen LogP contribution < -0.4 is 0 Å². The molecule has 0 aliphatic rings. The van der Waals surface area contributed by atoms with Crippen LogP contribution in [0.15, 0.2) is 59.5 Å². The molecule has 1 unspecified atom stereocenters. The van der Waals surface area contributed by atoms with E-state index < -0.39 is 0 Å². The molecule has 0 amide bonds. The van der Waals surface area contributed by atoms with Crippen LogP contribution in [0.2, 0.25) is 0 Å². The van der Waals surface area contributed by atoms with Gasteiger partial charge in [-0.1, -0.05) is 66.7 Å². The van der Waals surface area contributed by atoms with E-state index in [9.17, 15) is 4.79 Å². The average molecular weight is 256 g/mol. The highest BCUT2D eigenvalue weighted by atomic mass is 32.2. The molecule has 0 aromatic heterocycles. The standard InChI is InChI=1S/C16H16OS/c1-12-8-10-15(11-9-12)18-16(17)13(2)14-6-4-3-5-7-14/h3-11,13H,1-2H3. The average Bonchev–Trinajstić information content (AvgIpc) is 2.41. The molecular formula is C16H16OS. The second-order valence-corrected chi connectivity index (χ2v) is 5.44. The van der Waals surface area contributed by atoms with Gasteiger partial charge < -0.3 is 0 Å². The lowest BCUT2D eigenvalue weighted by molar-refractivity contribution is -0.111. The van der Waals surface area contributed by atoms with Gasteiger partial charge in [0.05, 0.1) is 5.92 Å². The minimum absolute atomic E-state index is 0.0718. The van der Waals surface area contributed by atoms with Crippen molar-refractivity contribution in [3.05, 3.63) is 65.7 Å². The molecule has 2 heteroatoms. The van der Waals surface area contributed by atoms with Crippen LogP contribution in [0.25, 0.3) is 0 Å². The van der Waals surface area contributed by atoms with Crippen LogP contribution in [0.3, 0.4) is 0 Å². The van der Waals surface area contributed by atoms with Crippen molar-refractivity contribution in [3.8, 4) is 0 Å². The molecule has 1 nitrogen and oxygen atoms in total. The van der Waals surface area contributed by atoms with Crippen LogP contribution in [0.4, 0.5) is 0 Å². The van der Waals surface area contributed by atoms with Gasteiger partial charge in [0.25, 0.3) is 0 Å². The number of thioether (sulfide) groups is 1. The molecule has 0 N–H and O–H groups in total. The third kappa shape index (κ3) is 3.23. The topological polar surface area (TPSA) is 17.1 Å². The third-order valence-corrected chi connectivity index (χ3v) is 3.96. The van der Waals surface area contributed by atoms with E-state index in [2.05, 4.69) is 0 Å². The Morgan fingerprint density at radius 3 is 2.22 bits per heavy atom. The molecule has 2 aromatic carbocycles. The van der Waals surface area contributed by atoms with Crippen LogP contribution in [0.5, 0.6) is 0 Å². The maximum atomic E-state index is 12.2. The van der Waals surface area contributed by atoms with Crippen molar-refractivity contribution in [2.75, 3.05) is 0 Å². The normalized spacial score (nSPS) is 12.1. The van der Waals surface area contributed by atoms with Crippen molar-refractivity contribution in [1.82, 2.24) is 0 Å². The van der Waals surface area contributed by atoms with Crippen LogP contribution in [0, 0.1) is 6.92 Å². The molecule has 0 aliphatic heterocycles. The Balaban J connectivity index is 2.06. The first-order chi connectivity index (χ1) is 8.66. The Morgan fingerprint density at radius 2 is 1.61 bits per heavy atom. The fourth-order valence-electron chi connectivity index (χ4n) is 1.69. The molecule has 0 spiro atoms. The molecule has 0 fully saturated rings. The van der Waals surface area contributed by atoms with Gasteiger partial charge in [-0.25, -0.2) is 0 Å². The zero-order chi connectivity index (χ0) is 13.0. The van der Waals surface area contributed by atoms with Crippen LogP contribution in [-0.4, -0.2) is 5.12 Å². The van der Waals surface area contributed by atoms with Gasteiger partial charge in [0.1, 0.15) is 0 Å². The zero-order valence-electron chi connectivity index (χ0n) is 10.6. The summed E-state index contributed by atoms with van der Waals surface area (Å²) in [5, 5.41) is 0.185. The summed E-state index contributed by atoms with van der Waals surface area (Å²) in [7, 11) is 0. The summed E-state index contributed by atoms with van der Waals surface area (Å²) in [6.07, 6.45) is 0. The number of carbonyl (C=O) groups excluding carboxylic acids is 1. The SMILES string of the molecule is Cc1ccc(SC(=O)C(C)c2ccccc2)cc1. The van der Waals surface area contributed by atoms with Crippen molar-refractivity contribution < 1.29 is 4.79 Å². The van der Waals surface area contributed by atoms with Crippen molar-refractivity contribution in [2.45, 2.75) is 24.7 Å². The van der Waals surface area contributed by atoms with Crippen molar-refractivity contribution in [1.29, 1.82) is 0 Å². The Labute approximate surface area is 112 Å². The summed E-state index contributed by atoms with van der Waals surface area (Å²) in [6.45, 7) is 4.00. The molecule has 2 aromatic rings. The van der Waals surface area contributed by atoms with Crippen LogP contribution in [-0.2, 0) is 4.79 Å². The van der Waals surface area contributed by atoms with E-state index in [1.54, 1.807) is 0 Å². The number of hydrogen-bond donors (Lipinski definition) is 0. The maximum absolute atomic E-state index is 12.2. The van der Waals surface area contributed by atoms with E-state index in [-0.39, 0.29) is 11.0 Å². The predicted octanol–water partition coefficient (Wildman–Crippen LogP) is 4.42. The van der Waals surface area contributed by atoms with Gasteiger partial charge in [0.2, 0.25) is 5.12 Å². The summed E-state index contributed by atoms with van der Waals surface area (Å²) < 4.78 is 0. The molecule has 18 heavy (non-hydrogen) atoms. The monoisotopic (exact) mass is 256 g/mol. The summed E-state index contributed by atoms with van der Waals surface area (Å²) in [5.74, 6) is -0.0718. The minimum Gasteiger partial charge on any atom is -0.286 e. The lowest BCUT2D eigenvalue weighted by Crippen LogP contribution is -2.04. The molecule has 0 saturated heterocycles. The van der Waals surface area contributed by atoms with E-state index in [4.69, 9.17) is 0 Å². The Hall–Kier alpha value is -1.54. The molecule has 0 bridgehead atoms. The summed E-state index contributed by atoms with van der Waals surface area (Å²) >= 11 is 1.32. The smallest absolute Gasteiger partial charge is 0.200 e. The number of benzene rings is 2. The molecular weight excluding hydrogens is 240 g/mol. The molecule has 0 heterocycles. The van der Waals surface area contributed by atoms with Gasteiger partial charge in [-0.2, -0.15) is 0 Å². The third-order valence-electron chi connectivity index (χ3n) is 2.89. The molecule has 92 valence electrons. The van der Waals surface area contributed by atoms with Crippen molar-refractivity contribution >= 4 is 16.9 Å². The lowest BCUT2D eigenvalue weighted by atomic mass is 10.0. The highest BCUT2D eigenvalue weighted by Gasteiger charge is 2.15. The summed E-state index contributed by atoms with van der Waals surface area (Å²) in [5.41, 5.74) is 2.28. The zero-order valence-corrected chi connectivity index (χ0v) is 11.4. The van der Waals surface area contributed by atoms with E-state index in [0.717, 1.165) is 10.5 Å². The van der Waals surface area contributed by atoms with Gasteiger partial charge >= 0.3 is 0 Å². The van der Waals surface area contributed by atoms with Gasteiger partial charge in [-0.05, 0) is 24.6 Å². The number of carbonyl (C=O) groups is 1. The van der Waals surface area contributed by atoms with Gasteiger partial charge in [0, 0.05) is 4.90 Å². The molecule has 0 saturated carbocycles. The second-order valence-electron chi connectivity index (χ2n) is 4.37. The lowest BCUT2D eigenvalue weighted by Gasteiger charge is -2.10. The highest BCUT2D eigenvalue weighted by molar-refractivity contribution is 8.13. The first kappa shape index (κ1) is 12.9. The van der Waals surface area contributed by atoms with E-state index in [0.29, 0.717) is 0 Å². The largest absolute Gasteiger partial charge is 0.286 e. The Kier molecular flexibility index (Phi) is 4.21. The fraction of sp³-hybridized carbons (Fsp3) is 0.188. The molecule has 2 rings (SSSR count). The second kappa shape index (κ2) is 5.87. The number of rotatable bonds is 3. The number of aryl methyl sites for hydroxylation is 1. The van der Waals surface area contributed by atoms with E-state index in [1.165, 1.54) is 17.3 Å². The quantitative estimate of drug-likeness (QED) is 0.756. The van der Waals surface area contributed by atoms with E-state index in [1.807, 2.05) is 68.4 Å². The van der Waals surface area contributed by atoms with Gasteiger partial charge in [0.15, 0.2) is 0 Å². The Morgan fingerprint density at radius 1 is 1.00 bits per heavy atom. The predicted molar refractivity (Wildman–Crippen MR) is 76.9 cm³/mol. The molecule has 0 radical (unpaired) electrons. The first-order valence-electron chi connectivity index (χ1n) is 6.00. The van der Waals surface area contributed by atoms with Gasteiger partial charge in [-0.3, -0.25) is 4.79 Å². The van der Waals surface area contributed by atoms with Crippen LogP contribution in [0.1, 0.15) is 24.0 Å². The highest BCUT2D eigenvalue weighted by Crippen LogP contribution is 2.27. The number of hydrogen-bond acceptors (Lipinski definition) is 2. The summed E-state index contributed by atoms with van der Waals surface area (Å²) in [4.78, 5) is 13.2. The minimum atomic E-state index is -0.0718. The van der Waals surface area contributed by atoms with Crippen molar-refractivity contribution in [2.24, 2.45) is 0 Å². The van der Waals surface area contributed by atoms with Crippen LogP contribution >= 0.6 is 11.8 Å². The molecule has 0 aliphatic carbocycles. The Bertz CT molecular complexity index is 517. The van der Waals surface area contributed by atoms with Gasteiger partial charge in [-0.15, -0.1) is 0 Å². The van der Waals surface area contributed by atoms with Crippen molar-refractivity contribution in [3.63, 3.8) is 0 Å². The fourth-order valence-corrected chi connectivity index (χ4v) is 2.51. The maximum Gasteiger partial charge on any atom is 0.200 e.